The van der Waals surface area contributed by atoms with Crippen LogP contribution in [0.2, 0.25) is 0 Å². The Bertz CT molecular complexity index is 986. The van der Waals surface area contributed by atoms with E-state index in [2.05, 4.69) is 33.0 Å². The lowest BCUT2D eigenvalue weighted by atomic mass is 10.1. The molecule has 1 heterocycles. The number of amides is 1. The molecule has 0 saturated heterocycles. The van der Waals surface area contributed by atoms with Gasteiger partial charge in [0.2, 0.25) is 0 Å². The van der Waals surface area contributed by atoms with Crippen LogP contribution in [0.4, 0.5) is 5.69 Å². The normalized spacial score (nSPS) is 11.7. The van der Waals surface area contributed by atoms with Crippen molar-refractivity contribution in [2.45, 2.75) is 6.23 Å². The molecule has 2 N–H and O–H groups in total. The molecule has 0 radical (unpaired) electrons. The van der Waals surface area contributed by atoms with Crippen LogP contribution >= 0.6 is 22.6 Å². The highest BCUT2D eigenvalue weighted by atomic mass is 127. The van der Waals surface area contributed by atoms with Crippen LogP contribution in [0.1, 0.15) is 32.6 Å². The standard InChI is InChI=1S/C19H16IN3O4/c1-27-19(26)14-7-2-3-8-15(14)21-17(24)16-9-10-23(22-16)18(25)12-5-4-6-13(20)11-12/h2-11,18,25H,1H3,(H,21,24)/t18-/m1/s1. The Kier molecular flexibility index (Phi) is 5.87. The van der Waals surface area contributed by atoms with E-state index in [0.29, 0.717) is 11.3 Å². The molecule has 2 aromatic carbocycles. The van der Waals surface area contributed by atoms with Gasteiger partial charge in [-0.15, -0.1) is 0 Å². The smallest absolute Gasteiger partial charge is 0.339 e. The molecule has 138 valence electrons. The van der Waals surface area contributed by atoms with E-state index in [0.717, 1.165) is 3.57 Å². The second-order valence-electron chi connectivity index (χ2n) is 5.60. The molecule has 7 nitrogen and oxygen atoms in total. The van der Waals surface area contributed by atoms with Gasteiger partial charge < -0.3 is 15.2 Å². The number of carbonyl (C=O) groups is 2. The highest BCUT2D eigenvalue weighted by Crippen LogP contribution is 2.19. The van der Waals surface area contributed by atoms with Gasteiger partial charge in [-0.25, -0.2) is 9.48 Å². The maximum absolute atomic E-state index is 12.5. The molecule has 0 aliphatic carbocycles. The van der Waals surface area contributed by atoms with Crippen molar-refractivity contribution in [2.75, 3.05) is 12.4 Å². The van der Waals surface area contributed by atoms with Gasteiger partial charge in [0.1, 0.15) is 0 Å². The number of halogens is 1. The average molecular weight is 477 g/mol. The molecule has 0 unspecified atom stereocenters. The van der Waals surface area contributed by atoms with Gasteiger partial charge in [0.15, 0.2) is 11.9 Å². The van der Waals surface area contributed by atoms with E-state index in [9.17, 15) is 14.7 Å². The zero-order valence-electron chi connectivity index (χ0n) is 14.3. The number of esters is 1. The number of carbonyl (C=O) groups excluding carboxylic acids is 2. The number of para-hydroxylation sites is 1. The van der Waals surface area contributed by atoms with Gasteiger partial charge >= 0.3 is 5.97 Å². The van der Waals surface area contributed by atoms with Crippen LogP contribution in [-0.4, -0.2) is 33.9 Å². The first-order chi connectivity index (χ1) is 13.0. The zero-order chi connectivity index (χ0) is 19.4. The fourth-order valence-electron chi connectivity index (χ4n) is 2.48. The van der Waals surface area contributed by atoms with Crippen molar-refractivity contribution in [1.29, 1.82) is 0 Å². The second-order valence-corrected chi connectivity index (χ2v) is 6.85. The molecule has 0 spiro atoms. The molecule has 0 aliphatic rings. The van der Waals surface area contributed by atoms with Crippen LogP contribution < -0.4 is 5.32 Å². The summed E-state index contributed by atoms with van der Waals surface area (Å²) in [6.07, 6.45) is 0.509. The Balaban J connectivity index is 1.79. The molecule has 0 saturated carbocycles. The maximum Gasteiger partial charge on any atom is 0.339 e. The minimum absolute atomic E-state index is 0.111. The van der Waals surface area contributed by atoms with Crippen molar-refractivity contribution in [1.82, 2.24) is 9.78 Å². The van der Waals surface area contributed by atoms with Crippen LogP contribution in [0.3, 0.4) is 0 Å². The first-order valence-corrected chi connectivity index (χ1v) is 9.05. The Hall–Kier alpha value is -2.72. The third-order valence-corrected chi connectivity index (χ3v) is 4.49. The van der Waals surface area contributed by atoms with Gasteiger partial charge in [0, 0.05) is 15.3 Å². The summed E-state index contributed by atoms with van der Waals surface area (Å²) in [7, 11) is 1.27. The van der Waals surface area contributed by atoms with Crippen molar-refractivity contribution in [2.24, 2.45) is 0 Å². The number of nitrogens with zero attached hydrogens (tertiary/aromatic N) is 2. The number of hydrogen-bond acceptors (Lipinski definition) is 5. The Morgan fingerprint density at radius 1 is 1.19 bits per heavy atom. The number of aliphatic hydroxyl groups excluding tert-OH is 1. The van der Waals surface area contributed by atoms with Crippen molar-refractivity contribution in [3.05, 3.63) is 81.2 Å². The molecule has 0 bridgehead atoms. The van der Waals surface area contributed by atoms with Crippen LogP contribution in [-0.2, 0) is 4.74 Å². The SMILES string of the molecule is COC(=O)c1ccccc1NC(=O)c1ccn([C@H](O)c2cccc(I)c2)n1. The van der Waals surface area contributed by atoms with Crippen molar-refractivity contribution in [3.8, 4) is 0 Å². The molecular weight excluding hydrogens is 461 g/mol. The Labute approximate surface area is 169 Å². The Morgan fingerprint density at radius 2 is 1.96 bits per heavy atom. The average Bonchev–Trinajstić information content (AvgIpc) is 3.17. The molecule has 1 aromatic heterocycles. The fourth-order valence-corrected chi connectivity index (χ4v) is 3.05. The second kappa shape index (κ2) is 8.31. The van der Waals surface area contributed by atoms with Crippen molar-refractivity contribution >= 4 is 40.2 Å². The lowest BCUT2D eigenvalue weighted by Crippen LogP contribution is -2.17. The molecule has 8 heteroatoms. The predicted octanol–water partition coefficient (Wildman–Crippen LogP) is 3.07. The topological polar surface area (TPSA) is 93.5 Å². The van der Waals surface area contributed by atoms with E-state index >= 15 is 0 Å². The number of methoxy groups -OCH3 is 1. The van der Waals surface area contributed by atoms with Crippen molar-refractivity contribution in [3.63, 3.8) is 0 Å². The lowest BCUT2D eigenvalue weighted by Gasteiger charge is -2.12. The highest BCUT2D eigenvalue weighted by molar-refractivity contribution is 14.1. The summed E-state index contributed by atoms with van der Waals surface area (Å²) in [6.45, 7) is 0. The van der Waals surface area contributed by atoms with Gasteiger partial charge in [0.05, 0.1) is 18.4 Å². The molecule has 3 rings (SSSR count). The Morgan fingerprint density at radius 3 is 2.70 bits per heavy atom. The van der Waals surface area contributed by atoms with Gasteiger partial charge in [0.25, 0.3) is 5.91 Å². The number of benzene rings is 2. The number of ether oxygens (including phenoxy) is 1. The molecule has 0 fully saturated rings. The molecule has 1 atom stereocenters. The van der Waals surface area contributed by atoms with Gasteiger partial charge in [-0.3, -0.25) is 4.79 Å². The summed E-state index contributed by atoms with van der Waals surface area (Å²) < 4.78 is 6.99. The largest absolute Gasteiger partial charge is 0.465 e. The molecular formula is C19H16IN3O4. The van der Waals surface area contributed by atoms with Crippen LogP contribution in [0.15, 0.2) is 60.8 Å². The maximum atomic E-state index is 12.5. The minimum atomic E-state index is -1.01. The number of aliphatic hydroxyl groups is 1. The van der Waals surface area contributed by atoms with Gasteiger partial charge in [-0.2, -0.15) is 5.10 Å². The lowest BCUT2D eigenvalue weighted by molar-refractivity contribution is 0.0602. The highest BCUT2D eigenvalue weighted by Gasteiger charge is 2.18. The van der Waals surface area contributed by atoms with E-state index in [1.54, 1.807) is 30.3 Å². The predicted molar refractivity (Wildman–Crippen MR) is 107 cm³/mol. The molecule has 0 aliphatic heterocycles. The van der Waals surface area contributed by atoms with E-state index in [1.165, 1.54) is 24.1 Å². The van der Waals surface area contributed by atoms with E-state index in [4.69, 9.17) is 4.74 Å². The molecule has 3 aromatic rings. The van der Waals surface area contributed by atoms with Crippen LogP contribution in [0.25, 0.3) is 0 Å². The number of nitrogens with one attached hydrogen (secondary N) is 1. The van der Waals surface area contributed by atoms with Crippen molar-refractivity contribution < 1.29 is 19.4 Å². The first kappa shape index (κ1) is 19.1. The summed E-state index contributed by atoms with van der Waals surface area (Å²) >= 11 is 2.16. The van der Waals surface area contributed by atoms with E-state index in [1.807, 2.05) is 18.2 Å². The van der Waals surface area contributed by atoms with Gasteiger partial charge in [-0.1, -0.05) is 24.3 Å². The molecule has 27 heavy (non-hydrogen) atoms. The summed E-state index contributed by atoms with van der Waals surface area (Å²) in [5.74, 6) is -1.05. The number of aromatic nitrogens is 2. The van der Waals surface area contributed by atoms with E-state index < -0.39 is 18.1 Å². The van der Waals surface area contributed by atoms with Crippen LogP contribution in [0, 0.1) is 3.57 Å². The summed E-state index contributed by atoms with van der Waals surface area (Å²) in [4.78, 5) is 24.3. The summed E-state index contributed by atoms with van der Waals surface area (Å²) in [6, 6.07) is 15.4. The first-order valence-electron chi connectivity index (χ1n) is 7.97. The minimum Gasteiger partial charge on any atom is -0.465 e. The monoisotopic (exact) mass is 477 g/mol. The third kappa shape index (κ3) is 4.34. The third-order valence-electron chi connectivity index (χ3n) is 3.82. The van der Waals surface area contributed by atoms with Crippen LogP contribution in [0.5, 0.6) is 0 Å². The quantitative estimate of drug-likeness (QED) is 0.436. The number of anilines is 1. The fraction of sp³-hybridized carbons (Fsp3) is 0.105. The summed E-state index contributed by atoms with van der Waals surface area (Å²) in [5.41, 5.74) is 1.33. The number of rotatable bonds is 5. The molecule has 1 amide bonds. The summed E-state index contributed by atoms with van der Waals surface area (Å²) in [5, 5.41) is 17.2. The van der Waals surface area contributed by atoms with Gasteiger partial charge in [-0.05, 0) is 52.9 Å². The van der Waals surface area contributed by atoms with E-state index in [-0.39, 0.29) is 11.3 Å². The zero-order valence-corrected chi connectivity index (χ0v) is 16.5. The number of hydrogen-bond donors (Lipinski definition) is 2.